The lowest BCUT2D eigenvalue weighted by Crippen LogP contribution is -2.16. The summed E-state index contributed by atoms with van der Waals surface area (Å²) in [5.41, 5.74) is 0.989. The number of H-pyrrole nitrogens is 1. The number of fused-ring (bicyclic) bond motifs is 3. The molecule has 4 heteroatoms. The maximum atomic E-state index is 12.3. The maximum absolute atomic E-state index is 12.3. The summed E-state index contributed by atoms with van der Waals surface area (Å²) >= 11 is 0. The van der Waals surface area contributed by atoms with Crippen LogP contribution in [-0.2, 0) is 0 Å². The van der Waals surface area contributed by atoms with Gasteiger partial charge in [0.25, 0.3) is 5.56 Å². The van der Waals surface area contributed by atoms with E-state index < -0.39 is 11.2 Å². The van der Waals surface area contributed by atoms with E-state index in [-0.39, 0.29) is 5.39 Å². The topological polar surface area (TPSA) is 63.1 Å². The van der Waals surface area contributed by atoms with E-state index in [4.69, 9.17) is 4.42 Å². The average Bonchev–Trinajstić information content (AvgIpc) is 2.55. The smallest absolute Gasteiger partial charge is 0.349 e. The number of hydrogen-bond acceptors (Lipinski definition) is 3. The molecule has 0 fully saturated rings. The third-order valence-corrected chi connectivity index (χ3v) is 3.70. The van der Waals surface area contributed by atoms with Gasteiger partial charge in [-0.1, -0.05) is 48.5 Å². The predicted molar refractivity (Wildman–Crippen MR) is 86.0 cm³/mol. The number of pyridine rings is 1. The molecule has 1 N–H and O–H groups in total. The molecule has 0 atom stereocenters. The molecule has 2 aromatic heterocycles. The second kappa shape index (κ2) is 4.70. The number of aromatic amines is 1. The van der Waals surface area contributed by atoms with Crippen LogP contribution in [-0.4, -0.2) is 4.98 Å². The second-order valence-electron chi connectivity index (χ2n) is 5.05. The fourth-order valence-electron chi connectivity index (χ4n) is 2.68. The summed E-state index contributed by atoms with van der Waals surface area (Å²) in [4.78, 5) is 27.2. The minimum Gasteiger partial charge on any atom is -0.422 e. The van der Waals surface area contributed by atoms with E-state index in [2.05, 4.69) is 4.98 Å². The molecule has 2 heterocycles. The molecule has 4 rings (SSSR count). The number of hydrogen-bond donors (Lipinski definition) is 1. The fourth-order valence-corrected chi connectivity index (χ4v) is 2.68. The van der Waals surface area contributed by atoms with Crippen LogP contribution in [0.3, 0.4) is 0 Å². The van der Waals surface area contributed by atoms with Gasteiger partial charge in [-0.3, -0.25) is 4.79 Å². The van der Waals surface area contributed by atoms with Crippen LogP contribution in [0.25, 0.3) is 33.0 Å². The summed E-state index contributed by atoms with van der Waals surface area (Å²) in [6.45, 7) is 0. The van der Waals surface area contributed by atoms with Gasteiger partial charge in [-0.15, -0.1) is 0 Å². The number of nitrogens with one attached hydrogen (secondary N) is 1. The molecule has 0 saturated carbocycles. The molecular formula is C18H11NO3. The monoisotopic (exact) mass is 289 g/mol. The van der Waals surface area contributed by atoms with Crippen LogP contribution in [0.15, 0.2) is 74.7 Å². The number of benzene rings is 2. The first kappa shape index (κ1) is 12.6. The Labute approximate surface area is 124 Å². The van der Waals surface area contributed by atoms with Crippen LogP contribution in [0, 0.1) is 0 Å². The molecule has 106 valence electrons. The molecule has 0 amide bonds. The molecule has 22 heavy (non-hydrogen) atoms. The van der Waals surface area contributed by atoms with Crippen LogP contribution in [0.2, 0.25) is 0 Å². The predicted octanol–water partition coefficient (Wildman–Crippen LogP) is 3.30. The highest BCUT2D eigenvalue weighted by Crippen LogP contribution is 2.24. The van der Waals surface area contributed by atoms with Crippen molar-refractivity contribution < 1.29 is 4.42 Å². The first-order chi connectivity index (χ1) is 10.7. The Morgan fingerprint density at radius 2 is 1.55 bits per heavy atom. The summed E-state index contributed by atoms with van der Waals surface area (Å²) in [5, 5.41) is 1.41. The van der Waals surface area contributed by atoms with Crippen LogP contribution in [0.1, 0.15) is 0 Å². The van der Waals surface area contributed by atoms with Crippen LogP contribution < -0.4 is 11.2 Å². The third-order valence-electron chi connectivity index (χ3n) is 3.70. The Kier molecular flexibility index (Phi) is 2.69. The summed E-state index contributed by atoms with van der Waals surface area (Å²) in [6, 6.07) is 18.6. The van der Waals surface area contributed by atoms with Crippen molar-refractivity contribution in [1.82, 2.24) is 4.98 Å². The first-order valence-corrected chi connectivity index (χ1v) is 6.88. The average molecular weight is 289 g/mol. The maximum Gasteiger partial charge on any atom is 0.349 e. The molecule has 0 bridgehead atoms. The van der Waals surface area contributed by atoms with Gasteiger partial charge in [-0.2, -0.15) is 0 Å². The highest BCUT2D eigenvalue weighted by Gasteiger charge is 2.12. The molecule has 2 aromatic carbocycles. The van der Waals surface area contributed by atoms with Gasteiger partial charge in [0, 0.05) is 16.5 Å². The lowest BCUT2D eigenvalue weighted by atomic mass is 10.1. The molecular weight excluding hydrogens is 278 g/mol. The molecule has 4 aromatic rings. The fraction of sp³-hybridized carbons (Fsp3) is 0. The van der Waals surface area contributed by atoms with E-state index in [0.29, 0.717) is 16.7 Å². The summed E-state index contributed by atoms with van der Waals surface area (Å²) in [6.07, 6.45) is 0. The second-order valence-corrected chi connectivity index (χ2v) is 5.05. The zero-order valence-corrected chi connectivity index (χ0v) is 11.5. The minimum atomic E-state index is -0.616. The van der Waals surface area contributed by atoms with E-state index in [0.717, 1.165) is 10.9 Å². The third kappa shape index (κ3) is 1.85. The van der Waals surface area contributed by atoms with Crippen molar-refractivity contribution in [3.8, 4) is 11.3 Å². The van der Waals surface area contributed by atoms with E-state index in [1.165, 1.54) is 0 Å². The highest BCUT2D eigenvalue weighted by molar-refractivity contribution is 6.04. The number of aromatic nitrogens is 1. The Hall–Kier alpha value is -3.14. The van der Waals surface area contributed by atoms with Gasteiger partial charge >= 0.3 is 5.63 Å². The van der Waals surface area contributed by atoms with E-state index in [1.54, 1.807) is 12.1 Å². The van der Waals surface area contributed by atoms with Crippen molar-refractivity contribution in [3.63, 3.8) is 0 Å². The van der Waals surface area contributed by atoms with Gasteiger partial charge in [0.1, 0.15) is 11.0 Å². The SMILES string of the molecule is O=c1[nH]c(-c2ccccc2)cc2c1c(=O)oc1ccccc12. The summed E-state index contributed by atoms with van der Waals surface area (Å²) in [5.74, 6) is 0. The Balaban J connectivity index is 2.19. The van der Waals surface area contributed by atoms with Gasteiger partial charge in [0.2, 0.25) is 0 Å². The lowest BCUT2D eigenvalue weighted by molar-refractivity contribution is 0.569. The molecule has 0 saturated heterocycles. The van der Waals surface area contributed by atoms with Gasteiger partial charge in [-0.05, 0) is 17.7 Å². The quantitative estimate of drug-likeness (QED) is 0.432. The summed E-state index contributed by atoms with van der Waals surface area (Å²) in [7, 11) is 0. The van der Waals surface area contributed by atoms with Gasteiger partial charge in [0.15, 0.2) is 0 Å². The Bertz CT molecular complexity index is 1110. The standard InChI is InChI=1S/C18H11NO3/c20-17-16-13(10-14(19-17)11-6-2-1-3-7-11)12-8-4-5-9-15(12)22-18(16)21/h1-10H,(H,19,20). The number of rotatable bonds is 1. The van der Waals surface area contributed by atoms with E-state index >= 15 is 0 Å². The van der Waals surface area contributed by atoms with E-state index in [1.807, 2.05) is 48.5 Å². The van der Waals surface area contributed by atoms with Crippen LogP contribution in [0.4, 0.5) is 0 Å². The Morgan fingerprint density at radius 1 is 0.818 bits per heavy atom. The van der Waals surface area contributed by atoms with Crippen LogP contribution >= 0.6 is 0 Å². The van der Waals surface area contributed by atoms with Gasteiger partial charge in [-0.25, -0.2) is 4.79 Å². The highest BCUT2D eigenvalue weighted by atomic mass is 16.4. The van der Waals surface area contributed by atoms with Crippen molar-refractivity contribution in [2.45, 2.75) is 0 Å². The van der Waals surface area contributed by atoms with Crippen molar-refractivity contribution in [1.29, 1.82) is 0 Å². The molecule has 0 aliphatic rings. The number of para-hydroxylation sites is 1. The van der Waals surface area contributed by atoms with Gasteiger partial charge in [0.05, 0.1) is 0 Å². The molecule has 0 aliphatic carbocycles. The molecule has 0 aliphatic heterocycles. The van der Waals surface area contributed by atoms with Crippen molar-refractivity contribution >= 4 is 21.7 Å². The normalized spacial score (nSPS) is 11.1. The van der Waals surface area contributed by atoms with Crippen LogP contribution in [0.5, 0.6) is 0 Å². The molecule has 0 unspecified atom stereocenters. The lowest BCUT2D eigenvalue weighted by Gasteiger charge is -2.05. The summed E-state index contributed by atoms with van der Waals surface area (Å²) < 4.78 is 5.23. The molecule has 4 nitrogen and oxygen atoms in total. The Morgan fingerprint density at radius 3 is 2.36 bits per heavy atom. The van der Waals surface area contributed by atoms with Crippen molar-refractivity contribution in [3.05, 3.63) is 81.4 Å². The first-order valence-electron chi connectivity index (χ1n) is 6.88. The molecule has 0 radical (unpaired) electrons. The van der Waals surface area contributed by atoms with Crippen molar-refractivity contribution in [2.75, 3.05) is 0 Å². The van der Waals surface area contributed by atoms with E-state index in [9.17, 15) is 9.59 Å². The van der Waals surface area contributed by atoms with Crippen molar-refractivity contribution in [2.24, 2.45) is 0 Å². The largest absolute Gasteiger partial charge is 0.422 e. The molecule has 0 spiro atoms. The zero-order valence-electron chi connectivity index (χ0n) is 11.5. The zero-order chi connectivity index (χ0) is 15.1. The van der Waals surface area contributed by atoms with Gasteiger partial charge < -0.3 is 9.40 Å². The minimum absolute atomic E-state index is 0.0541.